The molecule has 0 saturated carbocycles. The van der Waals surface area contributed by atoms with Gasteiger partial charge < -0.3 is 14.9 Å². The van der Waals surface area contributed by atoms with Crippen molar-refractivity contribution in [2.75, 3.05) is 18.0 Å². The van der Waals surface area contributed by atoms with E-state index in [2.05, 4.69) is 58.0 Å². The predicted molar refractivity (Wildman–Crippen MR) is 206 cm³/mol. The molecule has 0 aliphatic rings. The molecule has 0 aliphatic heterocycles. The van der Waals surface area contributed by atoms with E-state index in [-0.39, 0.29) is 0 Å². The molecule has 0 unspecified atom stereocenters. The SMILES string of the molecule is CCCCCCCCC=CCCCCCCCCN(CCCCCCCCC=CCCCCCCCC)c1nc(=S)[nH]c(=S)[nH]1. The van der Waals surface area contributed by atoms with E-state index in [9.17, 15) is 0 Å². The Morgan fingerprint density at radius 1 is 0.467 bits per heavy atom. The van der Waals surface area contributed by atoms with Crippen LogP contribution in [-0.2, 0) is 0 Å². The zero-order valence-corrected chi connectivity index (χ0v) is 31.4. The smallest absolute Gasteiger partial charge is 0.207 e. The minimum absolute atomic E-state index is 0.473. The predicted octanol–water partition coefficient (Wildman–Crippen LogP) is 14.1. The monoisotopic (exact) mass is 661 g/mol. The molecule has 45 heavy (non-hydrogen) atoms. The number of anilines is 1. The van der Waals surface area contributed by atoms with Crippen molar-refractivity contribution >= 4 is 30.4 Å². The summed E-state index contributed by atoms with van der Waals surface area (Å²) in [5, 5.41) is 0. The Morgan fingerprint density at radius 2 is 0.800 bits per heavy atom. The number of allylic oxidation sites excluding steroid dienone is 4. The van der Waals surface area contributed by atoms with Gasteiger partial charge in [0.1, 0.15) is 0 Å². The van der Waals surface area contributed by atoms with E-state index in [1.165, 1.54) is 180 Å². The van der Waals surface area contributed by atoms with Gasteiger partial charge in [-0.1, -0.05) is 154 Å². The zero-order valence-electron chi connectivity index (χ0n) is 29.7. The van der Waals surface area contributed by atoms with Crippen LogP contribution < -0.4 is 4.90 Å². The average Bonchev–Trinajstić information content (AvgIpc) is 3.02. The Kier molecular flexibility index (Phi) is 30.3. The average molecular weight is 661 g/mol. The second kappa shape index (κ2) is 32.7. The van der Waals surface area contributed by atoms with Gasteiger partial charge in [0.05, 0.1) is 0 Å². The molecule has 260 valence electrons. The van der Waals surface area contributed by atoms with Crippen LogP contribution >= 0.6 is 24.4 Å². The van der Waals surface area contributed by atoms with Crippen molar-refractivity contribution in [3.63, 3.8) is 0 Å². The fourth-order valence-electron chi connectivity index (χ4n) is 5.96. The van der Waals surface area contributed by atoms with E-state index in [1.54, 1.807) is 0 Å². The second-order valence-corrected chi connectivity index (χ2v) is 14.0. The molecule has 1 aromatic heterocycles. The van der Waals surface area contributed by atoms with E-state index in [4.69, 9.17) is 24.4 Å². The first kappa shape index (κ1) is 41.8. The van der Waals surface area contributed by atoms with Crippen LogP contribution in [0.25, 0.3) is 0 Å². The van der Waals surface area contributed by atoms with E-state index in [0.717, 1.165) is 19.0 Å². The topological polar surface area (TPSA) is 47.7 Å². The maximum Gasteiger partial charge on any atom is 0.207 e. The standard InChI is InChI=1S/C39H72N4S2/c1-3-5-7-9-11-13-15-17-19-21-23-25-27-29-31-33-35-43(37-40-38(44)42-39(45)41-37)36-34-32-30-28-26-24-22-20-18-16-14-12-10-8-6-4-2/h17-20H,3-16,21-36H2,1-2H3,(H2,40,41,42,44,45). The Hall–Kier alpha value is -1.27. The Bertz CT molecular complexity index is 865. The first-order valence-electron chi connectivity index (χ1n) is 19.4. The quantitative estimate of drug-likeness (QED) is 0.0447. The molecule has 2 N–H and O–H groups in total. The fraction of sp³-hybridized carbons (Fsp3) is 0.821. The van der Waals surface area contributed by atoms with E-state index < -0.39 is 0 Å². The van der Waals surface area contributed by atoms with Gasteiger partial charge in [-0.2, -0.15) is 4.98 Å². The third-order valence-electron chi connectivity index (χ3n) is 8.83. The van der Waals surface area contributed by atoms with Gasteiger partial charge in [-0.3, -0.25) is 0 Å². The number of hydrogen-bond acceptors (Lipinski definition) is 4. The van der Waals surface area contributed by atoms with Gasteiger partial charge in [-0.15, -0.1) is 0 Å². The van der Waals surface area contributed by atoms with Gasteiger partial charge in [0.2, 0.25) is 10.7 Å². The number of nitrogens with one attached hydrogen (secondary N) is 2. The lowest BCUT2D eigenvalue weighted by Gasteiger charge is -2.23. The fourth-order valence-corrected chi connectivity index (χ4v) is 6.40. The molecule has 1 heterocycles. The molecule has 0 radical (unpaired) electrons. The Labute approximate surface area is 289 Å². The van der Waals surface area contributed by atoms with Crippen LogP contribution in [0.5, 0.6) is 0 Å². The van der Waals surface area contributed by atoms with Crippen LogP contribution in [0.2, 0.25) is 0 Å². The van der Waals surface area contributed by atoms with Crippen molar-refractivity contribution in [2.45, 2.75) is 194 Å². The lowest BCUT2D eigenvalue weighted by molar-refractivity contribution is 0.563. The van der Waals surface area contributed by atoms with Gasteiger partial charge in [0.15, 0.2) is 4.77 Å². The summed E-state index contributed by atoms with van der Waals surface area (Å²) in [7, 11) is 0. The van der Waals surface area contributed by atoms with E-state index in [0.29, 0.717) is 9.54 Å². The maximum absolute atomic E-state index is 5.36. The van der Waals surface area contributed by atoms with Crippen molar-refractivity contribution in [3.05, 3.63) is 33.8 Å². The van der Waals surface area contributed by atoms with Crippen molar-refractivity contribution in [1.29, 1.82) is 0 Å². The highest BCUT2D eigenvalue weighted by molar-refractivity contribution is 7.71. The molecule has 0 amide bonds. The van der Waals surface area contributed by atoms with Gasteiger partial charge in [-0.05, 0) is 88.6 Å². The van der Waals surface area contributed by atoms with E-state index >= 15 is 0 Å². The highest BCUT2D eigenvalue weighted by Crippen LogP contribution is 2.15. The first-order valence-corrected chi connectivity index (χ1v) is 20.2. The number of hydrogen-bond donors (Lipinski definition) is 2. The third kappa shape index (κ3) is 27.5. The third-order valence-corrected chi connectivity index (χ3v) is 9.23. The Morgan fingerprint density at radius 3 is 1.16 bits per heavy atom. The minimum atomic E-state index is 0.473. The highest BCUT2D eigenvalue weighted by Gasteiger charge is 2.09. The molecule has 1 aromatic rings. The number of aromatic nitrogens is 3. The van der Waals surface area contributed by atoms with Crippen molar-refractivity contribution in [3.8, 4) is 0 Å². The lowest BCUT2D eigenvalue weighted by Crippen LogP contribution is -2.28. The Balaban J connectivity index is 2.13. The van der Waals surface area contributed by atoms with Gasteiger partial charge >= 0.3 is 0 Å². The van der Waals surface area contributed by atoms with Gasteiger partial charge in [0.25, 0.3) is 0 Å². The molecule has 1 rings (SSSR count). The number of rotatable bonds is 33. The molecular weight excluding hydrogens is 589 g/mol. The number of aromatic amines is 2. The van der Waals surface area contributed by atoms with Crippen molar-refractivity contribution < 1.29 is 0 Å². The summed E-state index contributed by atoms with van der Waals surface area (Å²) in [6.07, 6.45) is 47.0. The summed E-state index contributed by atoms with van der Waals surface area (Å²) < 4.78 is 1.04. The minimum Gasteiger partial charge on any atom is -0.342 e. The van der Waals surface area contributed by atoms with Crippen molar-refractivity contribution in [1.82, 2.24) is 15.0 Å². The normalized spacial score (nSPS) is 11.8. The maximum atomic E-state index is 5.36. The lowest BCUT2D eigenvalue weighted by atomic mass is 10.1. The molecule has 0 fully saturated rings. The van der Waals surface area contributed by atoms with Crippen molar-refractivity contribution in [2.24, 2.45) is 0 Å². The number of H-pyrrole nitrogens is 2. The van der Waals surface area contributed by atoms with E-state index in [1.807, 2.05) is 0 Å². The first-order chi connectivity index (χ1) is 22.2. The molecule has 0 aromatic carbocycles. The summed E-state index contributed by atoms with van der Waals surface area (Å²) >= 11 is 10.7. The van der Waals surface area contributed by atoms with Crippen LogP contribution in [0.3, 0.4) is 0 Å². The number of nitrogens with zero attached hydrogens (tertiary/aromatic N) is 2. The second-order valence-electron chi connectivity index (χ2n) is 13.2. The van der Waals surface area contributed by atoms with Crippen LogP contribution in [-0.4, -0.2) is 28.0 Å². The molecule has 0 aliphatic carbocycles. The molecule has 0 spiro atoms. The largest absolute Gasteiger partial charge is 0.342 e. The molecule has 0 saturated heterocycles. The molecule has 0 atom stereocenters. The summed E-state index contributed by atoms with van der Waals surface area (Å²) in [6, 6.07) is 0. The zero-order chi connectivity index (χ0) is 32.5. The highest BCUT2D eigenvalue weighted by atomic mass is 32.1. The van der Waals surface area contributed by atoms with Crippen LogP contribution in [0.1, 0.15) is 194 Å². The van der Waals surface area contributed by atoms with Crippen LogP contribution in [0.4, 0.5) is 5.95 Å². The van der Waals surface area contributed by atoms with Crippen LogP contribution in [0, 0.1) is 9.54 Å². The van der Waals surface area contributed by atoms with Gasteiger partial charge in [-0.25, -0.2) is 0 Å². The molecule has 4 nitrogen and oxygen atoms in total. The molecular formula is C39H72N4S2. The summed E-state index contributed by atoms with van der Waals surface area (Å²) in [5.41, 5.74) is 0. The summed E-state index contributed by atoms with van der Waals surface area (Å²) in [5.74, 6) is 0.837. The molecule has 0 bridgehead atoms. The molecule has 6 heteroatoms. The summed E-state index contributed by atoms with van der Waals surface area (Å²) in [4.78, 5) is 13.1. The van der Waals surface area contributed by atoms with Crippen LogP contribution in [0.15, 0.2) is 24.3 Å². The van der Waals surface area contributed by atoms with Gasteiger partial charge in [0, 0.05) is 13.1 Å². The summed E-state index contributed by atoms with van der Waals surface area (Å²) in [6.45, 7) is 6.61. The number of unbranched alkanes of at least 4 members (excludes halogenated alkanes) is 24.